The molecule has 0 aliphatic carbocycles. The SMILES string of the molecule is CSCc1nc(C(=O)N2CCc3noc(-c4ccc(Cl)cc4)c3C2)cc(=O)[nH]1. The van der Waals surface area contributed by atoms with Crippen molar-refractivity contribution >= 4 is 29.3 Å². The number of aromatic nitrogens is 3. The molecule has 1 aliphatic heterocycles. The van der Waals surface area contributed by atoms with Gasteiger partial charge >= 0.3 is 0 Å². The Morgan fingerprint density at radius 3 is 2.89 bits per heavy atom. The van der Waals surface area contributed by atoms with Crippen LogP contribution in [0.5, 0.6) is 0 Å². The third-order valence-corrected chi connectivity index (χ3v) is 5.34. The minimum atomic E-state index is -0.327. The van der Waals surface area contributed by atoms with Gasteiger partial charge in [-0.2, -0.15) is 11.8 Å². The van der Waals surface area contributed by atoms with Gasteiger partial charge in [-0.25, -0.2) is 4.98 Å². The average Bonchev–Trinajstić information content (AvgIpc) is 3.11. The van der Waals surface area contributed by atoms with E-state index in [0.29, 0.717) is 41.9 Å². The molecule has 144 valence electrons. The zero-order valence-corrected chi connectivity index (χ0v) is 16.6. The average molecular weight is 417 g/mol. The molecule has 3 aromatic rings. The predicted molar refractivity (Wildman–Crippen MR) is 107 cm³/mol. The number of thioether (sulfide) groups is 1. The van der Waals surface area contributed by atoms with E-state index in [1.54, 1.807) is 17.0 Å². The Balaban J connectivity index is 1.62. The van der Waals surface area contributed by atoms with E-state index in [1.165, 1.54) is 17.8 Å². The molecule has 1 amide bonds. The van der Waals surface area contributed by atoms with Crippen LogP contribution in [0.4, 0.5) is 0 Å². The fourth-order valence-electron chi connectivity index (χ4n) is 3.20. The predicted octanol–water partition coefficient (Wildman–Crippen LogP) is 3.14. The number of nitrogens with zero attached hydrogens (tertiary/aromatic N) is 3. The van der Waals surface area contributed by atoms with Crippen molar-refractivity contribution in [3.63, 3.8) is 0 Å². The molecule has 0 spiro atoms. The Bertz CT molecular complexity index is 1080. The van der Waals surface area contributed by atoms with Crippen molar-refractivity contribution in [2.75, 3.05) is 12.8 Å². The maximum Gasteiger partial charge on any atom is 0.273 e. The Morgan fingerprint density at radius 2 is 2.14 bits per heavy atom. The summed E-state index contributed by atoms with van der Waals surface area (Å²) >= 11 is 7.49. The first-order valence-electron chi connectivity index (χ1n) is 8.67. The van der Waals surface area contributed by atoms with E-state index in [4.69, 9.17) is 16.1 Å². The largest absolute Gasteiger partial charge is 0.356 e. The summed E-state index contributed by atoms with van der Waals surface area (Å²) in [7, 11) is 0. The van der Waals surface area contributed by atoms with Crippen LogP contribution >= 0.6 is 23.4 Å². The van der Waals surface area contributed by atoms with Crippen molar-refractivity contribution in [3.05, 3.63) is 68.5 Å². The molecule has 0 unspecified atom stereocenters. The van der Waals surface area contributed by atoms with Crippen LogP contribution in [-0.4, -0.2) is 38.7 Å². The lowest BCUT2D eigenvalue weighted by Gasteiger charge is -2.26. The molecule has 1 aliphatic rings. The lowest BCUT2D eigenvalue weighted by molar-refractivity contribution is 0.0728. The summed E-state index contributed by atoms with van der Waals surface area (Å²) in [6.45, 7) is 0.840. The molecule has 0 fully saturated rings. The monoisotopic (exact) mass is 416 g/mol. The van der Waals surface area contributed by atoms with E-state index in [2.05, 4.69) is 15.1 Å². The Labute approximate surface area is 170 Å². The van der Waals surface area contributed by atoms with Crippen LogP contribution in [0.3, 0.4) is 0 Å². The Morgan fingerprint density at radius 1 is 1.36 bits per heavy atom. The molecule has 4 rings (SSSR count). The van der Waals surface area contributed by atoms with Crippen LogP contribution in [-0.2, 0) is 18.7 Å². The summed E-state index contributed by atoms with van der Waals surface area (Å²) in [6.07, 6.45) is 2.49. The molecule has 0 bridgehead atoms. The minimum Gasteiger partial charge on any atom is -0.356 e. The molecule has 0 radical (unpaired) electrons. The molecule has 0 atom stereocenters. The molecule has 1 N–H and O–H groups in total. The van der Waals surface area contributed by atoms with Crippen molar-refractivity contribution in [2.24, 2.45) is 0 Å². The molecule has 28 heavy (non-hydrogen) atoms. The second kappa shape index (κ2) is 7.81. The second-order valence-electron chi connectivity index (χ2n) is 6.43. The van der Waals surface area contributed by atoms with Gasteiger partial charge in [0.25, 0.3) is 11.5 Å². The number of carbonyl (C=O) groups is 1. The van der Waals surface area contributed by atoms with Crippen molar-refractivity contribution in [2.45, 2.75) is 18.7 Å². The summed E-state index contributed by atoms with van der Waals surface area (Å²) in [5.74, 6) is 1.38. The summed E-state index contributed by atoms with van der Waals surface area (Å²) in [5, 5.41) is 4.79. The normalized spacial score (nSPS) is 13.4. The highest BCUT2D eigenvalue weighted by atomic mass is 35.5. The lowest BCUT2D eigenvalue weighted by Crippen LogP contribution is -2.37. The fraction of sp³-hybridized carbons (Fsp3) is 0.263. The molecule has 1 aromatic carbocycles. The van der Waals surface area contributed by atoms with Gasteiger partial charge in [0.2, 0.25) is 0 Å². The van der Waals surface area contributed by atoms with Gasteiger partial charge in [0.15, 0.2) is 5.76 Å². The number of fused-ring (bicyclic) bond motifs is 1. The van der Waals surface area contributed by atoms with Crippen molar-refractivity contribution in [1.82, 2.24) is 20.0 Å². The number of rotatable bonds is 4. The summed E-state index contributed by atoms with van der Waals surface area (Å²) in [6, 6.07) is 8.53. The zero-order valence-electron chi connectivity index (χ0n) is 15.1. The van der Waals surface area contributed by atoms with E-state index in [1.807, 2.05) is 18.4 Å². The van der Waals surface area contributed by atoms with Gasteiger partial charge in [0, 0.05) is 35.2 Å². The number of hydrogen-bond acceptors (Lipinski definition) is 6. The summed E-state index contributed by atoms with van der Waals surface area (Å²) in [4.78, 5) is 33.5. The highest BCUT2D eigenvalue weighted by molar-refractivity contribution is 7.97. The lowest BCUT2D eigenvalue weighted by atomic mass is 10.0. The number of carbonyl (C=O) groups excluding carboxylic acids is 1. The maximum atomic E-state index is 13.0. The first-order valence-corrected chi connectivity index (χ1v) is 10.4. The van der Waals surface area contributed by atoms with Gasteiger partial charge in [0.05, 0.1) is 18.0 Å². The van der Waals surface area contributed by atoms with Gasteiger partial charge in [-0.3, -0.25) is 9.59 Å². The smallest absolute Gasteiger partial charge is 0.273 e. The van der Waals surface area contributed by atoms with E-state index < -0.39 is 0 Å². The second-order valence-corrected chi connectivity index (χ2v) is 7.73. The third-order valence-electron chi connectivity index (χ3n) is 4.52. The van der Waals surface area contributed by atoms with Crippen LogP contribution in [0, 0.1) is 0 Å². The highest BCUT2D eigenvalue weighted by Gasteiger charge is 2.29. The zero-order chi connectivity index (χ0) is 19.7. The number of halogens is 1. The van der Waals surface area contributed by atoms with Gasteiger partial charge in [-0.15, -0.1) is 0 Å². The number of H-pyrrole nitrogens is 1. The van der Waals surface area contributed by atoms with Crippen LogP contribution in [0.25, 0.3) is 11.3 Å². The van der Waals surface area contributed by atoms with E-state index in [-0.39, 0.29) is 17.2 Å². The summed E-state index contributed by atoms with van der Waals surface area (Å²) < 4.78 is 5.54. The number of nitrogens with one attached hydrogen (secondary N) is 1. The number of benzene rings is 1. The first-order chi connectivity index (χ1) is 13.5. The molecule has 0 saturated heterocycles. The van der Waals surface area contributed by atoms with Crippen LogP contribution in [0.1, 0.15) is 27.6 Å². The molecule has 0 saturated carbocycles. The van der Waals surface area contributed by atoms with Gasteiger partial charge in [-0.1, -0.05) is 16.8 Å². The Kier molecular flexibility index (Phi) is 5.23. The highest BCUT2D eigenvalue weighted by Crippen LogP contribution is 2.31. The van der Waals surface area contributed by atoms with Crippen LogP contribution < -0.4 is 5.56 Å². The number of hydrogen-bond donors (Lipinski definition) is 1. The fourth-order valence-corrected chi connectivity index (χ4v) is 3.73. The first kappa shape index (κ1) is 18.8. The molecule has 3 heterocycles. The van der Waals surface area contributed by atoms with Gasteiger partial charge in [0.1, 0.15) is 11.5 Å². The quantitative estimate of drug-likeness (QED) is 0.702. The third kappa shape index (κ3) is 3.70. The standard InChI is InChI=1S/C19H17ClN4O3S/c1-28-10-16-21-15(8-17(25)22-16)19(26)24-7-6-14-13(9-24)18(27-23-14)11-2-4-12(20)5-3-11/h2-5,8H,6-7,9-10H2,1H3,(H,21,22,25). The van der Waals surface area contributed by atoms with Crippen LogP contribution in [0.15, 0.2) is 39.6 Å². The molecule has 2 aromatic heterocycles. The summed E-state index contributed by atoms with van der Waals surface area (Å²) in [5.41, 5.74) is 2.39. The topological polar surface area (TPSA) is 92.1 Å². The van der Waals surface area contributed by atoms with E-state index in [9.17, 15) is 9.59 Å². The minimum absolute atomic E-state index is 0.153. The molecular formula is C19H17ClN4O3S. The molecule has 9 heteroatoms. The van der Waals surface area contributed by atoms with Gasteiger partial charge in [-0.05, 0) is 30.5 Å². The maximum absolute atomic E-state index is 13.0. The van der Waals surface area contributed by atoms with E-state index >= 15 is 0 Å². The van der Waals surface area contributed by atoms with Crippen molar-refractivity contribution in [3.8, 4) is 11.3 Å². The van der Waals surface area contributed by atoms with Gasteiger partial charge < -0.3 is 14.4 Å². The van der Waals surface area contributed by atoms with E-state index in [0.717, 1.165) is 16.8 Å². The molecule has 7 nitrogen and oxygen atoms in total. The number of aromatic amines is 1. The van der Waals surface area contributed by atoms with Crippen LogP contribution in [0.2, 0.25) is 5.02 Å². The van der Waals surface area contributed by atoms with Crippen molar-refractivity contribution in [1.29, 1.82) is 0 Å². The van der Waals surface area contributed by atoms with Crippen molar-refractivity contribution < 1.29 is 9.32 Å². The Hall–Kier alpha value is -2.58. The number of amides is 1. The molecular weight excluding hydrogens is 400 g/mol.